The molecule has 5 heteroatoms. The van der Waals surface area contributed by atoms with Crippen LogP contribution in [0.5, 0.6) is 0 Å². The summed E-state index contributed by atoms with van der Waals surface area (Å²) in [5.41, 5.74) is 1.74. The maximum Gasteiger partial charge on any atom is 0.238 e. The standard InChI is InChI=1S/C12H14N4O/c1-13-9-12(17)15-10-3-5-11(6-4-10)16-8-2-7-14-16/h2-8,13H,9H2,1H3,(H,15,17). The number of rotatable bonds is 4. The van der Waals surface area contributed by atoms with Crippen molar-refractivity contribution >= 4 is 11.6 Å². The SMILES string of the molecule is CNCC(=O)Nc1ccc(-n2cccn2)cc1. The van der Waals surface area contributed by atoms with Crippen molar-refractivity contribution in [2.24, 2.45) is 0 Å². The Bertz CT molecular complexity index is 476. The average molecular weight is 230 g/mol. The molecule has 2 N–H and O–H groups in total. The fraction of sp³-hybridized carbons (Fsp3) is 0.167. The fourth-order valence-corrected chi connectivity index (χ4v) is 1.48. The van der Waals surface area contributed by atoms with Gasteiger partial charge in [-0.15, -0.1) is 0 Å². The third-order valence-electron chi connectivity index (χ3n) is 2.26. The van der Waals surface area contributed by atoms with E-state index in [0.29, 0.717) is 6.54 Å². The number of benzene rings is 1. The predicted molar refractivity (Wildman–Crippen MR) is 66.1 cm³/mol. The number of nitrogens with zero attached hydrogens (tertiary/aromatic N) is 2. The van der Waals surface area contributed by atoms with Gasteiger partial charge in [-0.3, -0.25) is 4.79 Å². The second-order valence-corrected chi connectivity index (χ2v) is 3.58. The summed E-state index contributed by atoms with van der Waals surface area (Å²) in [6.45, 7) is 0.306. The lowest BCUT2D eigenvalue weighted by Crippen LogP contribution is -2.24. The molecule has 1 heterocycles. The Morgan fingerprint density at radius 3 is 2.71 bits per heavy atom. The van der Waals surface area contributed by atoms with E-state index in [2.05, 4.69) is 15.7 Å². The zero-order chi connectivity index (χ0) is 12.1. The molecule has 17 heavy (non-hydrogen) atoms. The molecule has 2 rings (SSSR count). The second kappa shape index (κ2) is 5.27. The van der Waals surface area contributed by atoms with Crippen LogP contribution in [-0.2, 0) is 4.79 Å². The molecule has 5 nitrogen and oxygen atoms in total. The normalized spacial score (nSPS) is 10.2. The van der Waals surface area contributed by atoms with Gasteiger partial charge in [-0.25, -0.2) is 4.68 Å². The largest absolute Gasteiger partial charge is 0.325 e. The summed E-state index contributed by atoms with van der Waals surface area (Å²) in [4.78, 5) is 11.3. The smallest absolute Gasteiger partial charge is 0.238 e. The van der Waals surface area contributed by atoms with Crippen LogP contribution < -0.4 is 10.6 Å². The van der Waals surface area contributed by atoms with Crippen molar-refractivity contribution in [2.75, 3.05) is 18.9 Å². The van der Waals surface area contributed by atoms with E-state index >= 15 is 0 Å². The molecule has 0 unspecified atom stereocenters. The Kier molecular flexibility index (Phi) is 3.52. The van der Waals surface area contributed by atoms with E-state index < -0.39 is 0 Å². The van der Waals surface area contributed by atoms with Crippen molar-refractivity contribution in [3.05, 3.63) is 42.7 Å². The van der Waals surface area contributed by atoms with Crippen molar-refractivity contribution in [3.8, 4) is 5.69 Å². The molecule has 1 aromatic carbocycles. The van der Waals surface area contributed by atoms with Crippen LogP contribution in [-0.4, -0.2) is 29.3 Å². The monoisotopic (exact) mass is 230 g/mol. The zero-order valence-electron chi connectivity index (χ0n) is 9.55. The van der Waals surface area contributed by atoms with Crippen molar-refractivity contribution in [1.82, 2.24) is 15.1 Å². The van der Waals surface area contributed by atoms with Crippen LogP contribution in [0.25, 0.3) is 5.69 Å². The number of nitrogens with one attached hydrogen (secondary N) is 2. The number of likely N-dealkylation sites (N-methyl/N-ethyl adjacent to an activating group) is 1. The first-order valence-electron chi connectivity index (χ1n) is 5.34. The molecule has 0 spiro atoms. The highest BCUT2D eigenvalue weighted by molar-refractivity contribution is 5.92. The number of hydrogen-bond acceptors (Lipinski definition) is 3. The van der Waals surface area contributed by atoms with Crippen molar-refractivity contribution in [3.63, 3.8) is 0 Å². The molecule has 1 aromatic heterocycles. The number of aromatic nitrogens is 2. The molecule has 0 fully saturated rings. The molecule has 0 aliphatic rings. The van der Waals surface area contributed by atoms with Crippen LogP contribution >= 0.6 is 0 Å². The molecule has 0 bridgehead atoms. The predicted octanol–water partition coefficient (Wildman–Crippen LogP) is 1.03. The fourth-order valence-electron chi connectivity index (χ4n) is 1.48. The lowest BCUT2D eigenvalue weighted by Gasteiger charge is -2.06. The second-order valence-electron chi connectivity index (χ2n) is 3.58. The Balaban J connectivity index is 2.06. The topological polar surface area (TPSA) is 59.0 Å². The number of carbonyl (C=O) groups excluding carboxylic acids is 1. The molecule has 0 saturated heterocycles. The van der Waals surface area contributed by atoms with E-state index in [1.165, 1.54) is 0 Å². The highest BCUT2D eigenvalue weighted by Gasteiger charge is 2.01. The summed E-state index contributed by atoms with van der Waals surface area (Å²) in [6, 6.07) is 9.38. The molecule has 2 aromatic rings. The van der Waals surface area contributed by atoms with Crippen LogP contribution in [0.1, 0.15) is 0 Å². The first-order chi connectivity index (χ1) is 8.29. The summed E-state index contributed by atoms with van der Waals surface area (Å²) >= 11 is 0. The molecule has 0 atom stereocenters. The summed E-state index contributed by atoms with van der Waals surface area (Å²) in [7, 11) is 1.74. The van der Waals surface area contributed by atoms with E-state index in [-0.39, 0.29) is 5.91 Å². The van der Waals surface area contributed by atoms with Gasteiger partial charge in [-0.05, 0) is 37.4 Å². The summed E-state index contributed by atoms with van der Waals surface area (Å²) in [5.74, 6) is -0.0562. The minimum Gasteiger partial charge on any atom is -0.325 e. The zero-order valence-corrected chi connectivity index (χ0v) is 9.55. The van der Waals surface area contributed by atoms with Crippen LogP contribution in [0.4, 0.5) is 5.69 Å². The minimum absolute atomic E-state index is 0.0562. The van der Waals surface area contributed by atoms with Gasteiger partial charge in [0.25, 0.3) is 0 Å². The van der Waals surface area contributed by atoms with Gasteiger partial charge in [-0.2, -0.15) is 5.10 Å². The number of hydrogen-bond donors (Lipinski definition) is 2. The molecular weight excluding hydrogens is 216 g/mol. The maximum absolute atomic E-state index is 11.3. The highest BCUT2D eigenvalue weighted by Crippen LogP contribution is 2.12. The molecule has 0 radical (unpaired) electrons. The lowest BCUT2D eigenvalue weighted by molar-refractivity contribution is -0.115. The molecule has 0 aliphatic carbocycles. The average Bonchev–Trinajstić information content (AvgIpc) is 2.84. The Morgan fingerprint density at radius 2 is 2.12 bits per heavy atom. The van der Waals surface area contributed by atoms with Gasteiger partial charge in [0.15, 0.2) is 0 Å². The van der Waals surface area contributed by atoms with E-state index in [0.717, 1.165) is 11.4 Å². The van der Waals surface area contributed by atoms with E-state index in [9.17, 15) is 4.79 Å². The van der Waals surface area contributed by atoms with Gasteiger partial charge >= 0.3 is 0 Å². The molecule has 0 saturated carbocycles. The van der Waals surface area contributed by atoms with Gasteiger partial charge in [0.2, 0.25) is 5.91 Å². The molecule has 0 aliphatic heterocycles. The van der Waals surface area contributed by atoms with E-state index in [1.54, 1.807) is 17.9 Å². The Morgan fingerprint density at radius 1 is 1.35 bits per heavy atom. The van der Waals surface area contributed by atoms with Crippen LogP contribution in [0, 0.1) is 0 Å². The highest BCUT2D eigenvalue weighted by atomic mass is 16.1. The quantitative estimate of drug-likeness (QED) is 0.824. The van der Waals surface area contributed by atoms with Crippen molar-refractivity contribution in [2.45, 2.75) is 0 Å². The number of amides is 1. The molecule has 88 valence electrons. The summed E-state index contributed by atoms with van der Waals surface area (Å²) < 4.78 is 1.76. The van der Waals surface area contributed by atoms with Crippen LogP contribution in [0.3, 0.4) is 0 Å². The van der Waals surface area contributed by atoms with Crippen molar-refractivity contribution in [1.29, 1.82) is 0 Å². The van der Waals surface area contributed by atoms with Gasteiger partial charge in [0.05, 0.1) is 12.2 Å². The number of carbonyl (C=O) groups is 1. The lowest BCUT2D eigenvalue weighted by atomic mass is 10.3. The summed E-state index contributed by atoms with van der Waals surface area (Å²) in [6.07, 6.45) is 3.59. The first-order valence-corrected chi connectivity index (χ1v) is 5.34. The van der Waals surface area contributed by atoms with Gasteiger partial charge in [0, 0.05) is 18.1 Å². The minimum atomic E-state index is -0.0562. The molecular formula is C12H14N4O. The summed E-state index contributed by atoms with van der Waals surface area (Å²) in [5, 5.41) is 9.71. The molecule has 1 amide bonds. The van der Waals surface area contributed by atoms with Gasteiger partial charge < -0.3 is 10.6 Å². The first kappa shape index (κ1) is 11.3. The Labute approximate surface area is 99.5 Å². The van der Waals surface area contributed by atoms with E-state index in [1.807, 2.05) is 36.5 Å². The van der Waals surface area contributed by atoms with Gasteiger partial charge in [0.1, 0.15) is 0 Å². The van der Waals surface area contributed by atoms with E-state index in [4.69, 9.17) is 0 Å². The third-order valence-corrected chi connectivity index (χ3v) is 2.26. The van der Waals surface area contributed by atoms with Crippen LogP contribution in [0.2, 0.25) is 0 Å². The third kappa shape index (κ3) is 2.92. The Hall–Kier alpha value is -2.14. The van der Waals surface area contributed by atoms with Crippen LogP contribution in [0.15, 0.2) is 42.7 Å². The van der Waals surface area contributed by atoms with Gasteiger partial charge in [-0.1, -0.05) is 0 Å². The number of anilines is 1. The maximum atomic E-state index is 11.3. The van der Waals surface area contributed by atoms with Crippen molar-refractivity contribution < 1.29 is 4.79 Å².